The van der Waals surface area contributed by atoms with Gasteiger partial charge in [0.15, 0.2) is 0 Å². The Morgan fingerprint density at radius 1 is 1.26 bits per heavy atom. The Balaban J connectivity index is 1.60. The van der Waals surface area contributed by atoms with Crippen LogP contribution in [-0.2, 0) is 0 Å². The van der Waals surface area contributed by atoms with Gasteiger partial charge in [-0.15, -0.1) is 11.3 Å². The molecule has 0 radical (unpaired) electrons. The van der Waals surface area contributed by atoms with E-state index >= 15 is 0 Å². The maximum Gasteiger partial charge on any atom is 0.319 e. The molecule has 0 aliphatic heterocycles. The first-order valence-corrected chi connectivity index (χ1v) is 9.98. The fourth-order valence-electron chi connectivity index (χ4n) is 2.77. The summed E-state index contributed by atoms with van der Waals surface area (Å²) in [6.07, 6.45) is 2.09. The Labute approximate surface area is 164 Å². The molecule has 7 heteroatoms. The van der Waals surface area contributed by atoms with Crippen LogP contribution in [0.2, 0.25) is 0 Å². The van der Waals surface area contributed by atoms with Crippen LogP contribution < -0.4 is 16.0 Å². The van der Waals surface area contributed by atoms with Gasteiger partial charge in [-0.05, 0) is 63.0 Å². The summed E-state index contributed by atoms with van der Waals surface area (Å²) in [7, 11) is 3.99. The van der Waals surface area contributed by atoms with E-state index in [9.17, 15) is 9.59 Å². The molecule has 6 nitrogen and oxygen atoms in total. The molecular formula is C20H26N4O2S. The number of carbonyl (C=O) groups excluding carboxylic acids is 2. The monoisotopic (exact) mass is 386 g/mol. The molecule has 1 fully saturated rings. The molecule has 1 aromatic heterocycles. The highest BCUT2D eigenvalue weighted by molar-refractivity contribution is 7.10. The highest BCUT2D eigenvalue weighted by Gasteiger charge is 2.24. The standard InChI is InChI=1S/C20H26N4O2S/c1-13-6-7-14(19(25)22-15-8-9-15)11-16(13)23-20(26)21-12-17(24(2)3)18-5-4-10-27-18/h4-7,10-11,15,17H,8-9,12H2,1-3H3,(H,22,25)(H2,21,23,26). The Morgan fingerprint density at radius 3 is 2.67 bits per heavy atom. The fraction of sp³-hybridized carbons (Fsp3) is 0.400. The van der Waals surface area contributed by atoms with Crippen molar-refractivity contribution in [2.24, 2.45) is 0 Å². The van der Waals surface area contributed by atoms with Crippen molar-refractivity contribution in [1.82, 2.24) is 15.5 Å². The minimum atomic E-state index is -0.277. The number of nitrogens with zero attached hydrogens (tertiary/aromatic N) is 1. The van der Waals surface area contributed by atoms with E-state index < -0.39 is 0 Å². The van der Waals surface area contributed by atoms with E-state index in [4.69, 9.17) is 0 Å². The largest absolute Gasteiger partial charge is 0.349 e. The van der Waals surface area contributed by atoms with Gasteiger partial charge >= 0.3 is 6.03 Å². The van der Waals surface area contributed by atoms with Crippen molar-refractivity contribution in [2.75, 3.05) is 26.0 Å². The minimum absolute atomic E-state index is 0.0914. The maximum atomic E-state index is 12.4. The normalized spacial score (nSPS) is 14.7. The Kier molecular flexibility index (Phi) is 6.13. The first-order chi connectivity index (χ1) is 12.9. The van der Waals surface area contributed by atoms with Gasteiger partial charge in [0.2, 0.25) is 0 Å². The Hall–Kier alpha value is -2.38. The van der Waals surface area contributed by atoms with E-state index in [1.165, 1.54) is 4.88 Å². The number of carbonyl (C=O) groups is 2. The molecule has 27 heavy (non-hydrogen) atoms. The van der Waals surface area contributed by atoms with Gasteiger partial charge in [-0.1, -0.05) is 12.1 Å². The summed E-state index contributed by atoms with van der Waals surface area (Å²) in [5.74, 6) is -0.0914. The third-order valence-corrected chi connectivity index (χ3v) is 5.58. The first-order valence-electron chi connectivity index (χ1n) is 9.10. The number of benzene rings is 1. The van der Waals surface area contributed by atoms with Crippen LogP contribution in [0.15, 0.2) is 35.7 Å². The molecular weight excluding hydrogens is 360 g/mol. The Bertz CT molecular complexity index is 800. The zero-order valence-electron chi connectivity index (χ0n) is 15.9. The summed E-state index contributed by atoms with van der Waals surface area (Å²) in [6, 6.07) is 9.60. The Morgan fingerprint density at radius 2 is 2.04 bits per heavy atom. The van der Waals surface area contributed by atoms with Crippen molar-refractivity contribution in [1.29, 1.82) is 0 Å². The van der Waals surface area contributed by atoms with Crippen LogP contribution in [0.4, 0.5) is 10.5 Å². The molecule has 144 valence electrons. The smallest absolute Gasteiger partial charge is 0.319 e. The summed E-state index contributed by atoms with van der Waals surface area (Å²) in [4.78, 5) is 27.9. The summed E-state index contributed by atoms with van der Waals surface area (Å²) in [5, 5.41) is 10.8. The second-order valence-corrected chi connectivity index (χ2v) is 8.09. The van der Waals surface area contributed by atoms with Gasteiger partial charge in [-0.2, -0.15) is 0 Å². The lowest BCUT2D eigenvalue weighted by atomic mass is 10.1. The third-order valence-electron chi connectivity index (χ3n) is 4.61. The van der Waals surface area contributed by atoms with Gasteiger partial charge in [0.1, 0.15) is 0 Å². The molecule has 1 atom stereocenters. The second kappa shape index (κ2) is 8.54. The summed E-state index contributed by atoms with van der Waals surface area (Å²) in [5.41, 5.74) is 2.12. The molecule has 2 aromatic rings. The molecule has 1 saturated carbocycles. The lowest BCUT2D eigenvalue weighted by Gasteiger charge is -2.23. The fourth-order valence-corrected chi connectivity index (χ4v) is 3.69. The SMILES string of the molecule is Cc1ccc(C(=O)NC2CC2)cc1NC(=O)NCC(c1cccs1)N(C)C. The molecule has 1 unspecified atom stereocenters. The summed E-state index contributed by atoms with van der Waals surface area (Å²) in [6.45, 7) is 2.41. The maximum absolute atomic E-state index is 12.4. The number of aryl methyl sites for hydroxylation is 1. The van der Waals surface area contributed by atoms with Gasteiger partial charge in [-0.25, -0.2) is 4.79 Å². The molecule has 0 bridgehead atoms. The first kappa shape index (κ1) is 19.4. The van der Waals surface area contributed by atoms with Crippen LogP contribution in [0.5, 0.6) is 0 Å². The van der Waals surface area contributed by atoms with Crippen molar-refractivity contribution in [2.45, 2.75) is 31.8 Å². The van der Waals surface area contributed by atoms with Crippen LogP contribution in [-0.4, -0.2) is 43.5 Å². The highest BCUT2D eigenvalue weighted by Crippen LogP contribution is 2.23. The van der Waals surface area contributed by atoms with E-state index in [-0.39, 0.29) is 18.0 Å². The number of hydrogen-bond acceptors (Lipinski definition) is 4. The highest BCUT2D eigenvalue weighted by atomic mass is 32.1. The van der Waals surface area contributed by atoms with E-state index in [0.29, 0.717) is 23.8 Å². The molecule has 1 aliphatic rings. The second-order valence-electron chi connectivity index (χ2n) is 7.11. The average molecular weight is 387 g/mol. The zero-order valence-corrected chi connectivity index (χ0v) is 16.7. The summed E-state index contributed by atoms with van der Waals surface area (Å²) >= 11 is 1.67. The van der Waals surface area contributed by atoms with E-state index in [0.717, 1.165) is 18.4 Å². The van der Waals surface area contributed by atoms with Crippen molar-refractivity contribution in [3.05, 3.63) is 51.7 Å². The molecule has 3 N–H and O–H groups in total. The van der Waals surface area contributed by atoms with Crippen molar-refractivity contribution in [3.63, 3.8) is 0 Å². The van der Waals surface area contributed by atoms with Crippen LogP contribution in [0, 0.1) is 6.92 Å². The number of anilines is 1. The van der Waals surface area contributed by atoms with Crippen molar-refractivity contribution < 1.29 is 9.59 Å². The average Bonchev–Trinajstić information content (AvgIpc) is 3.27. The van der Waals surface area contributed by atoms with Gasteiger partial charge in [0.05, 0.1) is 6.04 Å². The summed E-state index contributed by atoms with van der Waals surface area (Å²) < 4.78 is 0. The topological polar surface area (TPSA) is 73.5 Å². The molecule has 1 aliphatic carbocycles. The van der Waals surface area contributed by atoms with Crippen LogP contribution in [0.3, 0.4) is 0 Å². The lowest BCUT2D eigenvalue weighted by molar-refractivity contribution is 0.0951. The number of hydrogen-bond donors (Lipinski definition) is 3. The predicted molar refractivity (Wildman–Crippen MR) is 109 cm³/mol. The van der Waals surface area contributed by atoms with E-state index in [2.05, 4.69) is 26.9 Å². The van der Waals surface area contributed by atoms with Gasteiger partial charge in [-0.3, -0.25) is 4.79 Å². The molecule has 0 spiro atoms. The number of amides is 3. The predicted octanol–water partition coefficient (Wildman–Crippen LogP) is 3.37. The van der Waals surface area contributed by atoms with Gasteiger partial charge in [0, 0.05) is 28.7 Å². The number of nitrogens with one attached hydrogen (secondary N) is 3. The van der Waals surface area contributed by atoms with Crippen LogP contribution >= 0.6 is 11.3 Å². The van der Waals surface area contributed by atoms with Crippen molar-refractivity contribution in [3.8, 4) is 0 Å². The van der Waals surface area contributed by atoms with Gasteiger partial charge in [0.25, 0.3) is 5.91 Å². The number of likely N-dealkylation sites (N-methyl/N-ethyl adjacent to an activating group) is 1. The van der Waals surface area contributed by atoms with Crippen LogP contribution in [0.1, 0.15) is 39.7 Å². The molecule has 1 aromatic carbocycles. The quantitative estimate of drug-likeness (QED) is 0.683. The molecule has 1 heterocycles. The van der Waals surface area contributed by atoms with E-state index in [1.54, 1.807) is 23.5 Å². The third kappa shape index (κ3) is 5.30. The van der Waals surface area contributed by atoms with Crippen molar-refractivity contribution >= 4 is 29.0 Å². The molecule has 0 saturated heterocycles. The lowest BCUT2D eigenvalue weighted by Crippen LogP contribution is -2.36. The van der Waals surface area contributed by atoms with Gasteiger partial charge < -0.3 is 20.9 Å². The van der Waals surface area contributed by atoms with E-state index in [1.807, 2.05) is 38.5 Å². The molecule has 3 amide bonds. The number of urea groups is 1. The minimum Gasteiger partial charge on any atom is -0.349 e. The number of rotatable bonds is 7. The van der Waals surface area contributed by atoms with Crippen LogP contribution in [0.25, 0.3) is 0 Å². The zero-order chi connectivity index (χ0) is 19.4. The number of thiophene rings is 1. The molecule has 3 rings (SSSR count).